The molecule has 0 spiro atoms. The molecule has 0 saturated carbocycles. The van der Waals surface area contributed by atoms with Gasteiger partial charge in [0.1, 0.15) is 12.4 Å². The molecule has 0 N–H and O–H groups in total. The average molecular weight is 314 g/mol. The molecule has 0 radical (unpaired) electrons. The summed E-state index contributed by atoms with van der Waals surface area (Å²) in [6.07, 6.45) is 0.634. The van der Waals surface area contributed by atoms with Gasteiger partial charge in [-0.15, -0.1) is 0 Å². The standard InChI is InChI=1S/C14H20BrNO2/c1-11-9-16(10-12(2)18-11)7-8-17-14-6-4-3-5-13(14)15/h3-6,11-12H,7-10H2,1-2H3/t11-,12-/m0/s1. The van der Waals surface area contributed by atoms with Crippen molar-refractivity contribution >= 4 is 15.9 Å². The van der Waals surface area contributed by atoms with Gasteiger partial charge in [-0.05, 0) is 41.9 Å². The second-order valence-electron chi connectivity index (χ2n) is 4.80. The Bertz CT molecular complexity index is 376. The van der Waals surface area contributed by atoms with E-state index in [1.54, 1.807) is 0 Å². The van der Waals surface area contributed by atoms with Crippen molar-refractivity contribution in [3.05, 3.63) is 28.7 Å². The number of halogens is 1. The smallest absolute Gasteiger partial charge is 0.133 e. The highest BCUT2D eigenvalue weighted by Gasteiger charge is 2.21. The highest BCUT2D eigenvalue weighted by atomic mass is 79.9. The van der Waals surface area contributed by atoms with E-state index >= 15 is 0 Å². The summed E-state index contributed by atoms with van der Waals surface area (Å²) in [6.45, 7) is 7.88. The van der Waals surface area contributed by atoms with Gasteiger partial charge in [0, 0.05) is 19.6 Å². The molecule has 1 fully saturated rings. The third-order valence-corrected chi connectivity index (χ3v) is 3.65. The molecule has 1 saturated heterocycles. The number of hydrogen-bond donors (Lipinski definition) is 0. The van der Waals surface area contributed by atoms with Crippen molar-refractivity contribution in [3.63, 3.8) is 0 Å². The SMILES string of the molecule is C[C@H]1CN(CCOc2ccccc2Br)C[C@H](C)O1. The minimum Gasteiger partial charge on any atom is -0.491 e. The normalized spacial score (nSPS) is 25.1. The third kappa shape index (κ3) is 3.97. The molecule has 4 heteroatoms. The van der Waals surface area contributed by atoms with Crippen molar-refractivity contribution in [2.24, 2.45) is 0 Å². The number of rotatable bonds is 4. The van der Waals surface area contributed by atoms with Crippen LogP contribution in [-0.2, 0) is 4.74 Å². The van der Waals surface area contributed by atoms with Crippen LogP contribution in [0.15, 0.2) is 28.7 Å². The predicted molar refractivity (Wildman–Crippen MR) is 76.1 cm³/mol. The molecule has 0 unspecified atom stereocenters. The predicted octanol–water partition coefficient (Wildman–Crippen LogP) is 2.94. The van der Waals surface area contributed by atoms with Gasteiger partial charge >= 0.3 is 0 Å². The maximum atomic E-state index is 5.78. The first-order valence-corrected chi connectivity index (χ1v) is 7.19. The fourth-order valence-electron chi connectivity index (χ4n) is 2.31. The minimum atomic E-state index is 0.317. The lowest BCUT2D eigenvalue weighted by molar-refractivity contribution is -0.0699. The molecule has 100 valence electrons. The van der Waals surface area contributed by atoms with Crippen LogP contribution in [0.25, 0.3) is 0 Å². The van der Waals surface area contributed by atoms with Crippen LogP contribution >= 0.6 is 15.9 Å². The van der Waals surface area contributed by atoms with Crippen LogP contribution in [0.5, 0.6) is 5.75 Å². The Morgan fingerprint density at radius 3 is 2.61 bits per heavy atom. The topological polar surface area (TPSA) is 21.7 Å². The molecule has 1 aromatic rings. The first-order chi connectivity index (χ1) is 8.65. The van der Waals surface area contributed by atoms with E-state index in [1.807, 2.05) is 24.3 Å². The van der Waals surface area contributed by atoms with E-state index in [0.717, 1.165) is 29.9 Å². The van der Waals surface area contributed by atoms with Gasteiger partial charge in [0.25, 0.3) is 0 Å². The zero-order valence-electron chi connectivity index (χ0n) is 10.9. The van der Waals surface area contributed by atoms with E-state index in [2.05, 4.69) is 34.7 Å². The molecular weight excluding hydrogens is 294 g/mol. The van der Waals surface area contributed by atoms with E-state index in [-0.39, 0.29) is 0 Å². The average Bonchev–Trinajstić information content (AvgIpc) is 2.30. The maximum Gasteiger partial charge on any atom is 0.133 e. The van der Waals surface area contributed by atoms with Crippen LogP contribution in [0, 0.1) is 0 Å². The summed E-state index contributed by atoms with van der Waals surface area (Å²) in [7, 11) is 0. The number of nitrogens with zero attached hydrogens (tertiary/aromatic N) is 1. The first-order valence-electron chi connectivity index (χ1n) is 6.40. The Kier molecular flexibility index (Phi) is 5.03. The molecule has 2 rings (SSSR count). The number of morpholine rings is 1. The van der Waals surface area contributed by atoms with Crippen molar-refractivity contribution in [2.45, 2.75) is 26.1 Å². The molecular formula is C14H20BrNO2. The Labute approximate surface area is 117 Å². The van der Waals surface area contributed by atoms with Gasteiger partial charge in [-0.25, -0.2) is 0 Å². The van der Waals surface area contributed by atoms with Gasteiger partial charge < -0.3 is 9.47 Å². The maximum absolute atomic E-state index is 5.78. The fraction of sp³-hybridized carbons (Fsp3) is 0.571. The summed E-state index contributed by atoms with van der Waals surface area (Å²) in [5.41, 5.74) is 0. The third-order valence-electron chi connectivity index (χ3n) is 3.00. The monoisotopic (exact) mass is 313 g/mol. The van der Waals surface area contributed by atoms with Crippen LogP contribution < -0.4 is 4.74 Å². The largest absolute Gasteiger partial charge is 0.491 e. The Morgan fingerprint density at radius 2 is 1.94 bits per heavy atom. The molecule has 0 bridgehead atoms. The summed E-state index contributed by atoms with van der Waals surface area (Å²) in [5, 5.41) is 0. The lowest BCUT2D eigenvalue weighted by Gasteiger charge is -2.35. The molecule has 1 heterocycles. The van der Waals surface area contributed by atoms with Crippen molar-refractivity contribution in [1.82, 2.24) is 4.90 Å². The summed E-state index contributed by atoms with van der Waals surface area (Å²) in [5.74, 6) is 0.909. The minimum absolute atomic E-state index is 0.317. The second kappa shape index (κ2) is 6.55. The highest BCUT2D eigenvalue weighted by molar-refractivity contribution is 9.10. The number of benzene rings is 1. The van der Waals surface area contributed by atoms with Crippen LogP contribution in [0.4, 0.5) is 0 Å². The number of hydrogen-bond acceptors (Lipinski definition) is 3. The van der Waals surface area contributed by atoms with E-state index < -0.39 is 0 Å². The van der Waals surface area contributed by atoms with E-state index in [0.29, 0.717) is 18.8 Å². The molecule has 0 aromatic heterocycles. The van der Waals surface area contributed by atoms with Crippen molar-refractivity contribution in [2.75, 3.05) is 26.2 Å². The summed E-state index contributed by atoms with van der Waals surface area (Å²) in [6, 6.07) is 7.95. The Morgan fingerprint density at radius 1 is 1.28 bits per heavy atom. The fourth-order valence-corrected chi connectivity index (χ4v) is 2.71. The Balaban J connectivity index is 1.77. The van der Waals surface area contributed by atoms with Gasteiger partial charge in [0.2, 0.25) is 0 Å². The van der Waals surface area contributed by atoms with Crippen LogP contribution in [0.1, 0.15) is 13.8 Å². The number of ether oxygens (including phenoxy) is 2. The summed E-state index contributed by atoms with van der Waals surface area (Å²) >= 11 is 3.48. The molecule has 1 aliphatic heterocycles. The summed E-state index contributed by atoms with van der Waals surface area (Å²) in [4.78, 5) is 2.40. The van der Waals surface area contributed by atoms with E-state index in [1.165, 1.54) is 0 Å². The summed E-state index contributed by atoms with van der Waals surface area (Å²) < 4.78 is 12.5. The van der Waals surface area contributed by atoms with Crippen LogP contribution in [0.3, 0.4) is 0 Å². The van der Waals surface area contributed by atoms with Gasteiger partial charge in [-0.2, -0.15) is 0 Å². The van der Waals surface area contributed by atoms with Crippen molar-refractivity contribution in [1.29, 1.82) is 0 Å². The zero-order valence-corrected chi connectivity index (χ0v) is 12.5. The molecule has 1 aliphatic rings. The molecule has 0 aliphatic carbocycles. The van der Waals surface area contributed by atoms with E-state index in [4.69, 9.17) is 9.47 Å². The quantitative estimate of drug-likeness (QED) is 0.853. The molecule has 2 atom stereocenters. The van der Waals surface area contributed by atoms with Crippen molar-refractivity contribution in [3.8, 4) is 5.75 Å². The second-order valence-corrected chi connectivity index (χ2v) is 5.65. The molecule has 0 amide bonds. The van der Waals surface area contributed by atoms with Gasteiger partial charge in [0.05, 0.1) is 16.7 Å². The van der Waals surface area contributed by atoms with Crippen molar-refractivity contribution < 1.29 is 9.47 Å². The van der Waals surface area contributed by atoms with Crippen LogP contribution in [0.2, 0.25) is 0 Å². The Hall–Kier alpha value is -0.580. The lowest BCUT2D eigenvalue weighted by Crippen LogP contribution is -2.46. The van der Waals surface area contributed by atoms with E-state index in [9.17, 15) is 0 Å². The zero-order chi connectivity index (χ0) is 13.0. The molecule has 3 nitrogen and oxygen atoms in total. The van der Waals surface area contributed by atoms with Gasteiger partial charge in [-0.1, -0.05) is 12.1 Å². The van der Waals surface area contributed by atoms with Gasteiger partial charge in [0.15, 0.2) is 0 Å². The lowest BCUT2D eigenvalue weighted by atomic mass is 10.2. The number of para-hydroxylation sites is 1. The van der Waals surface area contributed by atoms with Crippen LogP contribution in [-0.4, -0.2) is 43.3 Å². The highest BCUT2D eigenvalue weighted by Crippen LogP contribution is 2.23. The molecule has 18 heavy (non-hydrogen) atoms. The van der Waals surface area contributed by atoms with Gasteiger partial charge in [-0.3, -0.25) is 4.90 Å². The molecule has 1 aromatic carbocycles. The first kappa shape index (κ1) is 13.8.